The molecule has 6 heavy (non-hydrogen) atoms. The molecule has 32 valence electrons. The number of aliphatic hydroxyl groups excluding tert-OH is 2. The molecular formula is C2H4O3Zn. The summed E-state index contributed by atoms with van der Waals surface area (Å²) in [7, 11) is 2.25. The van der Waals surface area contributed by atoms with Gasteiger partial charge in [-0.05, 0) is 0 Å². The van der Waals surface area contributed by atoms with Crippen LogP contribution in [-0.2, 0) is 24.3 Å². The number of hydrogen-bond acceptors (Lipinski definition) is 2. The molecule has 0 fully saturated rings. The summed E-state index contributed by atoms with van der Waals surface area (Å²) in [6.45, 7) is 0.500. The summed E-state index contributed by atoms with van der Waals surface area (Å²) in [5, 5.41) is 13.5. The van der Waals surface area contributed by atoms with Crippen molar-refractivity contribution in [2.45, 2.75) is 0 Å². The smallest absolute Gasteiger partial charge is 0.665 e. The first kappa shape index (κ1) is 16.6. The van der Waals surface area contributed by atoms with Gasteiger partial charge in [0.25, 0.3) is 0 Å². The maximum absolute atomic E-state index is 8.24. The zero-order valence-corrected chi connectivity index (χ0v) is 6.18. The average molecular weight is 141 g/mol. The van der Waals surface area contributed by atoms with Gasteiger partial charge in [-0.3, -0.25) is 0 Å². The first-order valence-corrected chi connectivity index (χ1v) is 0.744. The van der Waals surface area contributed by atoms with Crippen molar-refractivity contribution in [3.05, 3.63) is 7.11 Å². The molecule has 0 aliphatic rings. The van der Waals surface area contributed by atoms with E-state index in [9.17, 15) is 0 Å². The Hall–Kier alpha value is 0.0534. The van der Waals surface area contributed by atoms with Crippen molar-refractivity contribution in [1.82, 2.24) is 0 Å². The second kappa shape index (κ2) is 74.8. The van der Waals surface area contributed by atoms with Crippen molar-refractivity contribution in [1.29, 1.82) is 0 Å². The van der Waals surface area contributed by atoms with E-state index in [1.165, 1.54) is 0 Å². The molecule has 0 saturated heterocycles. The normalized spacial score (nSPS) is 3.00. The molecule has 0 rings (SSSR count). The molecule has 2 N–H and O–H groups in total. The Morgan fingerprint density at radius 2 is 1.50 bits per heavy atom. The first-order chi connectivity index (χ1) is 2.41. The van der Waals surface area contributed by atoms with Gasteiger partial charge in [0.05, 0.1) is 0 Å². The van der Waals surface area contributed by atoms with Gasteiger partial charge in [0.15, 0.2) is 0 Å². The topological polar surface area (TPSA) is 57.5 Å². The fourth-order valence-corrected chi connectivity index (χ4v) is 0. The van der Waals surface area contributed by atoms with Crippen molar-refractivity contribution >= 4 is 6.47 Å². The van der Waals surface area contributed by atoms with E-state index >= 15 is 0 Å². The Balaban J connectivity index is -0.0000000275. The van der Waals surface area contributed by atoms with Gasteiger partial charge in [0, 0.05) is 0 Å². The van der Waals surface area contributed by atoms with Crippen LogP contribution in [0.2, 0.25) is 0 Å². The fourth-order valence-electron chi connectivity index (χ4n) is 0. The molecule has 0 atom stereocenters. The maximum atomic E-state index is 8.24. The van der Waals surface area contributed by atoms with Gasteiger partial charge in [-0.15, -0.1) is 0 Å². The second-order valence-electron chi connectivity index (χ2n) is 0.0913. The molecule has 0 aliphatic heterocycles. The van der Waals surface area contributed by atoms with Gasteiger partial charge in [-0.25, -0.2) is 7.11 Å². The zero-order valence-electron chi connectivity index (χ0n) is 3.22. The Labute approximate surface area is 48.7 Å². The number of rotatable bonds is 0. The zero-order chi connectivity index (χ0) is 4.71. The van der Waals surface area contributed by atoms with Crippen LogP contribution in [0.15, 0.2) is 0 Å². The first-order valence-electron chi connectivity index (χ1n) is 0.744. The quantitative estimate of drug-likeness (QED) is 0.362. The summed E-state index contributed by atoms with van der Waals surface area (Å²) in [6.07, 6.45) is 0. The Bertz CT molecular complexity index is 16.3. The number of aliphatic hydroxyl groups is 1. The summed E-state index contributed by atoms with van der Waals surface area (Å²) in [4.78, 5) is 8.24. The van der Waals surface area contributed by atoms with Gasteiger partial charge in [0.1, 0.15) is 0 Å². The van der Waals surface area contributed by atoms with Crippen LogP contribution in [-0.4, -0.2) is 16.7 Å². The predicted molar refractivity (Wildman–Crippen MR) is 15.6 cm³/mol. The largest absolute Gasteiger partial charge is 2.00 e. The van der Waals surface area contributed by atoms with Crippen LogP contribution in [0.4, 0.5) is 0 Å². The van der Waals surface area contributed by atoms with Crippen molar-refractivity contribution in [2.24, 2.45) is 0 Å². The van der Waals surface area contributed by atoms with E-state index in [0.29, 0.717) is 6.47 Å². The van der Waals surface area contributed by atoms with E-state index in [4.69, 9.17) is 15.0 Å². The van der Waals surface area contributed by atoms with Crippen LogP contribution in [0, 0.1) is 7.11 Å². The summed E-state index contributed by atoms with van der Waals surface area (Å²) >= 11 is 0. The van der Waals surface area contributed by atoms with Crippen molar-refractivity contribution in [2.75, 3.05) is 0 Å². The minimum Gasteiger partial charge on any atom is -0.665 e. The van der Waals surface area contributed by atoms with E-state index < -0.39 is 0 Å². The van der Waals surface area contributed by atoms with E-state index in [1.807, 2.05) is 0 Å². The van der Waals surface area contributed by atoms with Crippen LogP contribution in [0.5, 0.6) is 0 Å². The minimum atomic E-state index is 0. The van der Waals surface area contributed by atoms with Gasteiger partial charge in [-0.1, -0.05) is 6.47 Å². The monoisotopic (exact) mass is 140 g/mol. The molecule has 0 aromatic rings. The third-order valence-corrected chi connectivity index (χ3v) is 0. The van der Waals surface area contributed by atoms with Gasteiger partial charge in [0.2, 0.25) is 0 Å². The van der Waals surface area contributed by atoms with Crippen LogP contribution in [0.25, 0.3) is 0 Å². The standard InChI is InChI=1S/CHO2.CH3O.Zn/c2-1-3;1-2;/h(H,2,3);2H,1H2;/q2*-1;+2. The Kier molecular flexibility index (Phi) is 207. The van der Waals surface area contributed by atoms with E-state index in [2.05, 4.69) is 7.11 Å². The molecule has 3 nitrogen and oxygen atoms in total. The summed E-state index contributed by atoms with van der Waals surface area (Å²) in [6, 6.07) is 0. The molecule has 0 heterocycles. The van der Waals surface area contributed by atoms with E-state index in [-0.39, 0.29) is 19.5 Å². The van der Waals surface area contributed by atoms with Gasteiger partial charge < -0.3 is 15.0 Å². The van der Waals surface area contributed by atoms with Crippen LogP contribution in [0.1, 0.15) is 0 Å². The maximum Gasteiger partial charge on any atom is 2.00 e. The van der Waals surface area contributed by atoms with Crippen LogP contribution < -0.4 is 0 Å². The predicted octanol–water partition coefficient (Wildman–Crippen LogP) is -0.240. The third kappa shape index (κ3) is 13300. The third-order valence-electron chi connectivity index (χ3n) is 0. The molecule has 0 amide bonds. The molecular weight excluding hydrogens is 137 g/mol. The molecule has 0 spiro atoms. The molecule has 0 radical (unpaired) electrons. The van der Waals surface area contributed by atoms with Crippen molar-refractivity contribution < 1.29 is 34.5 Å². The average Bonchev–Trinajstić information content (AvgIpc) is 1.46. The van der Waals surface area contributed by atoms with Gasteiger partial charge >= 0.3 is 19.5 Å². The van der Waals surface area contributed by atoms with Crippen LogP contribution in [0.3, 0.4) is 0 Å². The molecule has 0 aliphatic carbocycles. The molecule has 0 bridgehead atoms. The van der Waals surface area contributed by atoms with Gasteiger partial charge in [-0.2, -0.15) is 0 Å². The number of hydrogen-bond donors (Lipinski definition) is 2. The minimum absolute atomic E-state index is 0. The van der Waals surface area contributed by atoms with Crippen LogP contribution >= 0.6 is 0 Å². The Morgan fingerprint density at radius 1 is 1.50 bits per heavy atom. The second-order valence-corrected chi connectivity index (χ2v) is 0.0913. The molecule has 4 heteroatoms. The SMILES string of the molecule is O=[C-]O.[CH2-]O.[Zn+2]. The van der Waals surface area contributed by atoms with E-state index in [0.717, 1.165) is 0 Å². The molecule has 0 aromatic carbocycles. The fraction of sp³-hybridized carbons (Fsp3) is 0. The summed E-state index contributed by atoms with van der Waals surface area (Å²) < 4.78 is 0. The van der Waals surface area contributed by atoms with Crippen molar-refractivity contribution in [3.63, 3.8) is 0 Å². The van der Waals surface area contributed by atoms with E-state index in [1.54, 1.807) is 0 Å². The Morgan fingerprint density at radius 3 is 1.50 bits per heavy atom. The summed E-state index contributed by atoms with van der Waals surface area (Å²) in [5.74, 6) is 0. The van der Waals surface area contributed by atoms with Crippen molar-refractivity contribution in [3.8, 4) is 0 Å². The molecule has 0 unspecified atom stereocenters. The molecule has 0 aromatic heterocycles. The summed E-state index contributed by atoms with van der Waals surface area (Å²) in [5.41, 5.74) is 0. The molecule has 0 saturated carbocycles.